The summed E-state index contributed by atoms with van der Waals surface area (Å²) in [6, 6.07) is 27.0. The Labute approximate surface area is 160 Å². The van der Waals surface area contributed by atoms with Crippen molar-refractivity contribution in [1.82, 2.24) is 4.90 Å². The van der Waals surface area contributed by atoms with Crippen molar-refractivity contribution in [2.75, 3.05) is 31.1 Å². The second kappa shape index (κ2) is 8.19. The van der Waals surface area contributed by atoms with Gasteiger partial charge in [0, 0.05) is 44.0 Å². The van der Waals surface area contributed by atoms with Gasteiger partial charge in [0.2, 0.25) is 6.29 Å². The molecule has 0 unspecified atom stereocenters. The van der Waals surface area contributed by atoms with Crippen LogP contribution in [0.3, 0.4) is 0 Å². The topological polar surface area (TPSA) is 23.6 Å². The van der Waals surface area contributed by atoms with Crippen LogP contribution in [0, 0.1) is 0 Å². The standard InChI is InChI=1S/C24H23N2O/c27-19-20-10-12-23(13-11-20)26-16-14-25(15-17-26)18-22-8-4-5-9-24(22)21-6-2-1-3-7-21/h1-13H,14-18H2. The zero-order valence-electron chi connectivity index (χ0n) is 15.3. The normalized spacial score (nSPS) is 14.9. The molecule has 3 nitrogen and oxygen atoms in total. The first-order valence-electron chi connectivity index (χ1n) is 9.42. The molecule has 1 aliphatic rings. The van der Waals surface area contributed by atoms with E-state index in [9.17, 15) is 4.79 Å². The van der Waals surface area contributed by atoms with Crippen molar-refractivity contribution < 1.29 is 4.79 Å². The first-order chi connectivity index (χ1) is 13.3. The van der Waals surface area contributed by atoms with E-state index in [0.717, 1.165) is 32.7 Å². The lowest BCUT2D eigenvalue weighted by molar-refractivity contribution is 0.250. The SMILES string of the molecule is O=[C]c1ccc(N2CCN(Cc3ccccc3-c3ccccc3)CC2)cc1. The average molecular weight is 355 g/mol. The summed E-state index contributed by atoms with van der Waals surface area (Å²) < 4.78 is 0. The van der Waals surface area contributed by atoms with Crippen LogP contribution in [-0.4, -0.2) is 37.4 Å². The lowest BCUT2D eigenvalue weighted by Gasteiger charge is -2.36. The van der Waals surface area contributed by atoms with E-state index in [4.69, 9.17) is 0 Å². The second-order valence-electron chi connectivity index (χ2n) is 6.94. The van der Waals surface area contributed by atoms with Crippen molar-refractivity contribution in [3.63, 3.8) is 0 Å². The third-order valence-electron chi connectivity index (χ3n) is 5.22. The van der Waals surface area contributed by atoms with E-state index >= 15 is 0 Å². The van der Waals surface area contributed by atoms with Gasteiger partial charge >= 0.3 is 0 Å². The fourth-order valence-electron chi connectivity index (χ4n) is 3.70. The second-order valence-corrected chi connectivity index (χ2v) is 6.94. The first-order valence-corrected chi connectivity index (χ1v) is 9.42. The number of nitrogens with zero attached hydrogens (tertiary/aromatic N) is 2. The van der Waals surface area contributed by atoms with Crippen LogP contribution in [0.4, 0.5) is 5.69 Å². The number of piperazine rings is 1. The lowest BCUT2D eigenvalue weighted by atomic mass is 9.99. The van der Waals surface area contributed by atoms with Crippen molar-refractivity contribution in [3.8, 4) is 11.1 Å². The third kappa shape index (κ3) is 4.09. The molecule has 0 bridgehead atoms. The van der Waals surface area contributed by atoms with Gasteiger partial charge in [-0.05, 0) is 41.0 Å². The van der Waals surface area contributed by atoms with Crippen molar-refractivity contribution in [3.05, 3.63) is 90.0 Å². The molecule has 0 atom stereocenters. The summed E-state index contributed by atoms with van der Waals surface area (Å²) >= 11 is 0. The molecular formula is C24H23N2O. The fraction of sp³-hybridized carbons (Fsp3) is 0.208. The van der Waals surface area contributed by atoms with Gasteiger partial charge in [-0.15, -0.1) is 0 Å². The Bertz CT molecular complexity index is 882. The van der Waals surface area contributed by atoms with Crippen LogP contribution in [0.5, 0.6) is 0 Å². The molecule has 3 heteroatoms. The van der Waals surface area contributed by atoms with Crippen LogP contribution in [-0.2, 0) is 11.3 Å². The number of hydrogen-bond donors (Lipinski definition) is 0. The van der Waals surface area contributed by atoms with Crippen LogP contribution in [0.15, 0.2) is 78.9 Å². The van der Waals surface area contributed by atoms with Crippen molar-refractivity contribution in [1.29, 1.82) is 0 Å². The summed E-state index contributed by atoms with van der Waals surface area (Å²) in [5.74, 6) is 0. The van der Waals surface area contributed by atoms with Gasteiger partial charge in [-0.2, -0.15) is 0 Å². The highest BCUT2D eigenvalue weighted by atomic mass is 16.1. The van der Waals surface area contributed by atoms with Crippen molar-refractivity contribution in [2.24, 2.45) is 0 Å². The minimum absolute atomic E-state index is 0.606. The number of rotatable bonds is 5. The molecule has 0 aromatic heterocycles. The molecule has 1 radical (unpaired) electrons. The summed E-state index contributed by atoms with van der Waals surface area (Å²) in [5, 5.41) is 0. The van der Waals surface area contributed by atoms with E-state index in [-0.39, 0.29) is 0 Å². The van der Waals surface area contributed by atoms with Crippen LogP contribution >= 0.6 is 0 Å². The zero-order chi connectivity index (χ0) is 18.5. The van der Waals surface area contributed by atoms with Crippen LogP contribution < -0.4 is 4.90 Å². The van der Waals surface area contributed by atoms with Crippen LogP contribution in [0.1, 0.15) is 11.1 Å². The van der Waals surface area contributed by atoms with Gasteiger partial charge in [-0.3, -0.25) is 9.69 Å². The van der Waals surface area contributed by atoms with Gasteiger partial charge in [0.1, 0.15) is 0 Å². The van der Waals surface area contributed by atoms with Gasteiger partial charge in [0.15, 0.2) is 0 Å². The number of benzene rings is 3. The maximum absolute atomic E-state index is 10.7. The number of hydrogen-bond acceptors (Lipinski definition) is 3. The molecule has 0 N–H and O–H groups in total. The van der Waals surface area contributed by atoms with E-state index in [1.54, 1.807) is 0 Å². The van der Waals surface area contributed by atoms with Gasteiger partial charge in [0.25, 0.3) is 0 Å². The molecule has 0 aliphatic carbocycles. The third-order valence-corrected chi connectivity index (χ3v) is 5.22. The molecule has 1 saturated heterocycles. The quantitative estimate of drug-likeness (QED) is 0.687. The number of carbonyl (C=O) groups excluding carboxylic acids is 1. The van der Waals surface area contributed by atoms with E-state index in [1.807, 2.05) is 30.6 Å². The molecule has 27 heavy (non-hydrogen) atoms. The summed E-state index contributed by atoms with van der Waals surface area (Å²) in [4.78, 5) is 15.6. The van der Waals surface area contributed by atoms with E-state index < -0.39 is 0 Å². The molecule has 1 heterocycles. The maximum atomic E-state index is 10.7. The molecule has 135 valence electrons. The molecular weight excluding hydrogens is 332 g/mol. The Morgan fingerprint density at radius 2 is 1.41 bits per heavy atom. The van der Waals surface area contributed by atoms with E-state index in [1.165, 1.54) is 22.4 Å². The van der Waals surface area contributed by atoms with E-state index in [2.05, 4.69) is 64.4 Å². The number of anilines is 1. The maximum Gasteiger partial charge on any atom is 0.233 e. The minimum atomic E-state index is 0.606. The predicted octanol–water partition coefficient (Wildman–Crippen LogP) is 4.13. The highest BCUT2D eigenvalue weighted by Gasteiger charge is 2.18. The molecule has 3 aromatic rings. The summed E-state index contributed by atoms with van der Waals surface area (Å²) in [6.07, 6.45) is 1.93. The molecule has 0 spiro atoms. The van der Waals surface area contributed by atoms with Gasteiger partial charge in [-0.1, -0.05) is 54.6 Å². The van der Waals surface area contributed by atoms with Crippen LogP contribution in [0.25, 0.3) is 11.1 Å². The Morgan fingerprint density at radius 1 is 0.741 bits per heavy atom. The monoisotopic (exact) mass is 355 g/mol. The Kier molecular flexibility index (Phi) is 5.31. The first kappa shape index (κ1) is 17.5. The zero-order valence-corrected chi connectivity index (χ0v) is 15.3. The Balaban J connectivity index is 1.42. The van der Waals surface area contributed by atoms with E-state index in [0.29, 0.717) is 5.56 Å². The lowest BCUT2D eigenvalue weighted by Crippen LogP contribution is -2.46. The summed E-state index contributed by atoms with van der Waals surface area (Å²) in [7, 11) is 0. The molecule has 0 saturated carbocycles. The molecule has 4 rings (SSSR count). The van der Waals surface area contributed by atoms with Gasteiger partial charge < -0.3 is 4.90 Å². The highest BCUT2D eigenvalue weighted by Crippen LogP contribution is 2.25. The smallest absolute Gasteiger partial charge is 0.233 e. The van der Waals surface area contributed by atoms with Gasteiger partial charge in [-0.25, -0.2) is 0 Å². The fourth-order valence-corrected chi connectivity index (χ4v) is 3.70. The molecule has 1 fully saturated rings. The predicted molar refractivity (Wildman–Crippen MR) is 111 cm³/mol. The van der Waals surface area contributed by atoms with Crippen molar-refractivity contribution >= 4 is 12.0 Å². The Morgan fingerprint density at radius 3 is 2.11 bits per heavy atom. The van der Waals surface area contributed by atoms with Crippen molar-refractivity contribution in [2.45, 2.75) is 6.54 Å². The highest BCUT2D eigenvalue weighted by molar-refractivity contribution is 5.76. The average Bonchev–Trinajstić information content (AvgIpc) is 2.75. The van der Waals surface area contributed by atoms with Crippen LogP contribution in [0.2, 0.25) is 0 Å². The Hall–Kier alpha value is -2.91. The largest absolute Gasteiger partial charge is 0.369 e. The molecule has 0 amide bonds. The van der Waals surface area contributed by atoms with Gasteiger partial charge in [0.05, 0.1) is 0 Å². The summed E-state index contributed by atoms with van der Waals surface area (Å²) in [5.41, 5.74) is 5.76. The molecule has 1 aliphatic heterocycles. The minimum Gasteiger partial charge on any atom is -0.369 e. The summed E-state index contributed by atoms with van der Waals surface area (Å²) in [6.45, 7) is 5.03. The molecule has 3 aromatic carbocycles.